The second-order valence-electron chi connectivity index (χ2n) is 4.09. The van der Waals surface area contributed by atoms with E-state index in [1.807, 2.05) is 11.8 Å². The molecule has 1 aliphatic carbocycles. The fraction of sp³-hybridized carbons (Fsp3) is 1.00. The first-order valence-electron chi connectivity index (χ1n) is 5.00. The van der Waals surface area contributed by atoms with E-state index < -0.39 is 0 Å². The molecule has 1 aliphatic rings. The van der Waals surface area contributed by atoms with Gasteiger partial charge in [0.25, 0.3) is 0 Å². The standard InChI is InChI=1S/C10H20OS/c1-8(2)6-7-12-10-5-3-4-9(10)11/h8-11H,3-7H2,1-2H3. The van der Waals surface area contributed by atoms with Crippen LogP contribution in [0.4, 0.5) is 0 Å². The van der Waals surface area contributed by atoms with Gasteiger partial charge >= 0.3 is 0 Å². The normalized spacial score (nSPS) is 30.0. The molecular weight excluding hydrogens is 168 g/mol. The highest BCUT2D eigenvalue weighted by Crippen LogP contribution is 2.30. The first-order chi connectivity index (χ1) is 5.70. The zero-order valence-electron chi connectivity index (χ0n) is 8.12. The van der Waals surface area contributed by atoms with Crippen molar-refractivity contribution in [3.05, 3.63) is 0 Å². The van der Waals surface area contributed by atoms with E-state index in [0.717, 1.165) is 12.3 Å². The van der Waals surface area contributed by atoms with Crippen LogP contribution in [0.3, 0.4) is 0 Å². The molecule has 0 spiro atoms. The summed E-state index contributed by atoms with van der Waals surface area (Å²) in [5.41, 5.74) is 0. The third-order valence-electron chi connectivity index (χ3n) is 2.44. The van der Waals surface area contributed by atoms with Crippen LogP contribution in [-0.4, -0.2) is 22.2 Å². The maximum absolute atomic E-state index is 9.53. The number of aliphatic hydroxyl groups excluding tert-OH is 1. The number of hydrogen-bond acceptors (Lipinski definition) is 2. The largest absolute Gasteiger partial charge is 0.392 e. The Morgan fingerprint density at radius 1 is 1.42 bits per heavy atom. The summed E-state index contributed by atoms with van der Waals surface area (Å²) in [7, 11) is 0. The third-order valence-corrected chi connectivity index (χ3v) is 3.89. The van der Waals surface area contributed by atoms with Gasteiger partial charge in [0.1, 0.15) is 0 Å². The van der Waals surface area contributed by atoms with Gasteiger partial charge in [-0.25, -0.2) is 0 Å². The maximum Gasteiger partial charge on any atom is 0.0658 e. The van der Waals surface area contributed by atoms with E-state index in [4.69, 9.17) is 0 Å². The van der Waals surface area contributed by atoms with Crippen LogP contribution in [0.15, 0.2) is 0 Å². The molecule has 72 valence electrons. The van der Waals surface area contributed by atoms with Crippen molar-refractivity contribution in [2.45, 2.75) is 50.9 Å². The van der Waals surface area contributed by atoms with E-state index in [0.29, 0.717) is 5.25 Å². The van der Waals surface area contributed by atoms with Gasteiger partial charge in [0.15, 0.2) is 0 Å². The summed E-state index contributed by atoms with van der Waals surface area (Å²) in [5, 5.41) is 10.1. The van der Waals surface area contributed by atoms with E-state index in [2.05, 4.69) is 13.8 Å². The molecule has 1 fully saturated rings. The molecule has 0 aromatic carbocycles. The Bertz CT molecular complexity index is 125. The molecule has 1 rings (SSSR count). The van der Waals surface area contributed by atoms with Crippen LogP contribution in [0, 0.1) is 5.92 Å². The highest BCUT2D eigenvalue weighted by Gasteiger charge is 2.24. The van der Waals surface area contributed by atoms with Gasteiger partial charge in [-0.15, -0.1) is 0 Å². The molecule has 2 heteroatoms. The molecule has 0 aromatic rings. The van der Waals surface area contributed by atoms with Crippen molar-refractivity contribution < 1.29 is 5.11 Å². The Labute approximate surface area is 79.9 Å². The van der Waals surface area contributed by atoms with Crippen molar-refractivity contribution in [2.24, 2.45) is 5.92 Å². The van der Waals surface area contributed by atoms with Crippen LogP contribution in [0.5, 0.6) is 0 Å². The smallest absolute Gasteiger partial charge is 0.0658 e. The lowest BCUT2D eigenvalue weighted by atomic mass is 10.2. The van der Waals surface area contributed by atoms with Crippen molar-refractivity contribution in [3.8, 4) is 0 Å². The monoisotopic (exact) mass is 188 g/mol. The van der Waals surface area contributed by atoms with Gasteiger partial charge < -0.3 is 5.11 Å². The zero-order chi connectivity index (χ0) is 8.97. The van der Waals surface area contributed by atoms with Crippen molar-refractivity contribution >= 4 is 11.8 Å². The summed E-state index contributed by atoms with van der Waals surface area (Å²) in [6.07, 6.45) is 4.75. The predicted octanol–water partition coefficient (Wildman–Crippen LogP) is 2.68. The number of aliphatic hydroxyl groups is 1. The quantitative estimate of drug-likeness (QED) is 0.732. The first-order valence-corrected chi connectivity index (χ1v) is 6.04. The molecule has 0 bridgehead atoms. The second-order valence-corrected chi connectivity index (χ2v) is 5.44. The molecule has 2 atom stereocenters. The van der Waals surface area contributed by atoms with Crippen molar-refractivity contribution in [1.82, 2.24) is 0 Å². The Hall–Kier alpha value is 0.310. The van der Waals surface area contributed by atoms with E-state index in [-0.39, 0.29) is 6.10 Å². The van der Waals surface area contributed by atoms with Gasteiger partial charge in [-0.2, -0.15) is 11.8 Å². The lowest BCUT2D eigenvalue weighted by molar-refractivity contribution is 0.188. The molecule has 12 heavy (non-hydrogen) atoms. The molecule has 0 saturated heterocycles. The lowest BCUT2D eigenvalue weighted by Crippen LogP contribution is -2.15. The minimum absolute atomic E-state index is 0.0119. The molecule has 0 aliphatic heterocycles. The van der Waals surface area contributed by atoms with E-state index in [9.17, 15) is 5.11 Å². The van der Waals surface area contributed by atoms with Crippen molar-refractivity contribution in [1.29, 1.82) is 0 Å². The Morgan fingerprint density at radius 2 is 2.17 bits per heavy atom. The molecule has 0 radical (unpaired) electrons. The molecule has 0 amide bonds. The minimum atomic E-state index is -0.0119. The summed E-state index contributed by atoms with van der Waals surface area (Å²) in [5.74, 6) is 2.02. The summed E-state index contributed by atoms with van der Waals surface area (Å²) in [4.78, 5) is 0. The average molecular weight is 188 g/mol. The zero-order valence-corrected chi connectivity index (χ0v) is 8.94. The van der Waals surface area contributed by atoms with Gasteiger partial charge in [0.2, 0.25) is 0 Å². The fourth-order valence-electron chi connectivity index (χ4n) is 1.56. The molecular formula is C10H20OS. The highest BCUT2D eigenvalue weighted by molar-refractivity contribution is 7.99. The molecule has 0 aromatic heterocycles. The minimum Gasteiger partial charge on any atom is -0.392 e. The maximum atomic E-state index is 9.53. The third kappa shape index (κ3) is 3.36. The molecule has 0 heterocycles. The van der Waals surface area contributed by atoms with Gasteiger partial charge in [-0.1, -0.05) is 13.8 Å². The van der Waals surface area contributed by atoms with Gasteiger partial charge in [0.05, 0.1) is 6.10 Å². The van der Waals surface area contributed by atoms with Crippen molar-refractivity contribution in [2.75, 3.05) is 5.75 Å². The lowest BCUT2D eigenvalue weighted by Gasteiger charge is -2.14. The molecule has 1 saturated carbocycles. The van der Waals surface area contributed by atoms with Crippen LogP contribution < -0.4 is 0 Å². The number of hydrogen-bond donors (Lipinski definition) is 1. The van der Waals surface area contributed by atoms with Gasteiger partial charge in [0, 0.05) is 5.25 Å². The number of rotatable bonds is 4. The molecule has 1 N–H and O–H groups in total. The second kappa shape index (κ2) is 5.13. The first kappa shape index (κ1) is 10.4. The summed E-state index contributed by atoms with van der Waals surface area (Å²) < 4.78 is 0. The summed E-state index contributed by atoms with van der Waals surface area (Å²) in [6.45, 7) is 4.51. The average Bonchev–Trinajstić information content (AvgIpc) is 2.36. The Kier molecular flexibility index (Phi) is 4.44. The van der Waals surface area contributed by atoms with Crippen LogP contribution in [0.2, 0.25) is 0 Å². The molecule has 2 unspecified atom stereocenters. The summed E-state index contributed by atoms with van der Waals surface area (Å²) in [6, 6.07) is 0. The molecule has 1 nitrogen and oxygen atoms in total. The van der Waals surface area contributed by atoms with E-state index >= 15 is 0 Å². The predicted molar refractivity (Wildman–Crippen MR) is 55.6 cm³/mol. The Morgan fingerprint density at radius 3 is 2.67 bits per heavy atom. The van der Waals surface area contributed by atoms with Crippen LogP contribution in [-0.2, 0) is 0 Å². The van der Waals surface area contributed by atoms with E-state index in [1.54, 1.807) is 0 Å². The van der Waals surface area contributed by atoms with Crippen LogP contribution in [0.25, 0.3) is 0 Å². The summed E-state index contributed by atoms with van der Waals surface area (Å²) >= 11 is 1.97. The van der Waals surface area contributed by atoms with Gasteiger partial charge in [-0.3, -0.25) is 0 Å². The van der Waals surface area contributed by atoms with Crippen LogP contribution >= 0.6 is 11.8 Å². The highest BCUT2D eigenvalue weighted by atomic mass is 32.2. The van der Waals surface area contributed by atoms with Crippen molar-refractivity contribution in [3.63, 3.8) is 0 Å². The topological polar surface area (TPSA) is 20.2 Å². The number of thioether (sulfide) groups is 1. The van der Waals surface area contributed by atoms with Crippen LogP contribution in [0.1, 0.15) is 39.5 Å². The van der Waals surface area contributed by atoms with E-state index in [1.165, 1.54) is 25.0 Å². The Balaban J connectivity index is 2.06. The SMILES string of the molecule is CC(C)CCSC1CCCC1O. The van der Waals surface area contributed by atoms with Gasteiger partial charge in [-0.05, 0) is 37.4 Å². The fourth-order valence-corrected chi connectivity index (χ4v) is 3.16.